The predicted molar refractivity (Wildman–Crippen MR) is 153 cm³/mol. The number of halogens is 1. The van der Waals surface area contributed by atoms with Crippen molar-refractivity contribution in [3.05, 3.63) is 64.8 Å². The fraction of sp³-hybridized carbons (Fsp3) is 0.484. The second kappa shape index (κ2) is 12.4. The normalized spacial score (nSPS) is 17.0. The highest BCUT2D eigenvalue weighted by atomic mass is 19.1. The lowest BCUT2D eigenvalue weighted by atomic mass is 10.00. The summed E-state index contributed by atoms with van der Waals surface area (Å²) in [6, 6.07) is 11.3. The van der Waals surface area contributed by atoms with Crippen molar-refractivity contribution < 1.29 is 28.2 Å². The van der Waals surface area contributed by atoms with Crippen molar-refractivity contribution in [1.29, 1.82) is 0 Å². The lowest BCUT2D eigenvalue weighted by Gasteiger charge is -2.33. The number of methoxy groups -OCH3 is 2. The van der Waals surface area contributed by atoms with E-state index in [-0.39, 0.29) is 12.0 Å². The average molecular weight is 554 g/mol. The van der Waals surface area contributed by atoms with Crippen LogP contribution in [-0.4, -0.2) is 79.1 Å². The first kappa shape index (κ1) is 29.6. The van der Waals surface area contributed by atoms with E-state index < -0.39 is 18.4 Å². The summed E-state index contributed by atoms with van der Waals surface area (Å²) >= 11 is 0. The number of rotatable bonds is 7. The molecule has 0 saturated carbocycles. The third-order valence-electron chi connectivity index (χ3n) is 7.31. The van der Waals surface area contributed by atoms with Crippen molar-refractivity contribution in [3.63, 3.8) is 0 Å². The molecule has 1 aromatic heterocycles. The maximum absolute atomic E-state index is 13.4. The van der Waals surface area contributed by atoms with E-state index in [1.54, 1.807) is 30.0 Å². The number of aromatic nitrogens is 1. The second-order valence-electron chi connectivity index (χ2n) is 11.2. The topological polar surface area (TPSA) is 73.2 Å². The maximum atomic E-state index is 13.4. The van der Waals surface area contributed by atoms with E-state index in [9.17, 15) is 14.0 Å². The molecule has 4 rings (SSSR count). The summed E-state index contributed by atoms with van der Waals surface area (Å²) < 4.78 is 31.3. The molecule has 2 heterocycles. The number of aryl methyl sites for hydroxylation is 1. The third kappa shape index (κ3) is 6.47. The number of hydrogen-bond donors (Lipinski definition) is 0. The van der Waals surface area contributed by atoms with E-state index >= 15 is 0 Å². The molecular weight excluding hydrogens is 513 g/mol. The van der Waals surface area contributed by atoms with Crippen molar-refractivity contribution in [2.75, 3.05) is 47.1 Å². The van der Waals surface area contributed by atoms with E-state index in [0.29, 0.717) is 25.2 Å². The number of alkyl halides is 1. The molecule has 9 heteroatoms. The predicted octanol–water partition coefficient (Wildman–Crippen LogP) is 5.75. The Kier molecular flexibility index (Phi) is 9.15. The minimum atomic E-state index is -0.620. The van der Waals surface area contributed by atoms with Crippen LogP contribution in [0.15, 0.2) is 42.6 Å². The monoisotopic (exact) mass is 553 g/mol. The molecule has 2 aromatic carbocycles. The van der Waals surface area contributed by atoms with Crippen molar-refractivity contribution >= 4 is 23.0 Å². The van der Waals surface area contributed by atoms with Gasteiger partial charge in [0.25, 0.3) is 0 Å². The summed E-state index contributed by atoms with van der Waals surface area (Å²) in [4.78, 5) is 29.6. The molecule has 1 unspecified atom stereocenters. The molecule has 1 saturated heterocycles. The van der Waals surface area contributed by atoms with Crippen LogP contribution < -0.4 is 4.74 Å². The minimum absolute atomic E-state index is 0.0465. The first-order valence-electron chi connectivity index (χ1n) is 13.7. The molecule has 0 spiro atoms. The van der Waals surface area contributed by atoms with Gasteiger partial charge in [-0.05, 0) is 76.1 Å². The summed E-state index contributed by atoms with van der Waals surface area (Å²) in [6.45, 7) is 10.3. The van der Waals surface area contributed by atoms with Crippen molar-refractivity contribution in [1.82, 2.24) is 14.4 Å². The highest BCUT2D eigenvalue weighted by molar-refractivity contribution is 5.95. The highest BCUT2D eigenvalue weighted by Gasteiger charge is 2.29. The van der Waals surface area contributed by atoms with Crippen LogP contribution in [0.1, 0.15) is 60.3 Å². The Morgan fingerprint density at radius 1 is 1.07 bits per heavy atom. The van der Waals surface area contributed by atoms with Crippen LogP contribution in [0, 0.1) is 6.92 Å². The van der Waals surface area contributed by atoms with Gasteiger partial charge in [0, 0.05) is 49.4 Å². The molecule has 1 aliphatic rings. The number of hydrogen-bond acceptors (Lipinski definition) is 7. The van der Waals surface area contributed by atoms with Crippen LogP contribution in [0.5, 0.6) is 5.75 Å². The second-order valence-corrected chi connectivity index (χ2v) is 11.2. The molecule has 0 N–H and O–H groups in total. The molecule has 0 bridgehead atoms. The summed E-state index contributed by atoms with van der Waals surface area (Å²) in [6.07, 6.45) is 2.21. The van der Waals surface area contributed by atoms with Crippen LogP contribution >= 0.6 is 0 Å². The van der Waals surface area contributed by atoms with E-state index in [0.717, 1.165) is 52.9 Å². The summed E-state index contributed by atoms with van der Waals surface area (Å²) in [5.74, 6) is 0.362. The number of esters is 1. The lowest BCUT2D eigenvalue weighted by Crippen LogP contribution is -2.35. The van der Waals surface area contributed by atoms with E-state index in [1.165, 1.54) is 7.11 Å². The van der Waals surface area contributed by atoms with Crippen LogP contribution in [0.2, 0.25) is 0 Å². The smallest absolute Gasteiger partial charge is 0.419 e. The molecule has 1 aliphatic heterocycles. The molecule has 1 atom stereocenters. The van der Waals surface area contributed by atoms with Gasteiger partial charge in [0.15, 0.2) is 0 Å². The van der Waals surface area contributed by atoms with Gasteiger partial charge in [-0.15, -0.1) is 0 Å². The SMILES string of the molecule is COC(=O)c1ccc(C2CN(CCF)CCCN2Cc2c(OC)cc(C)c3c2ccn3C(=O)OC(C)(C)C)cc1. The van der Waals surface area contributed by atoms with E-state index in [1.807, 2.05) is 52.0 Å². The number of benzene rings is 2. The molecule has 0 amide bonds. The fourth-order valence-electron chi connectivity index (χ4n) is 5.47. The molecule has 3 aromatic rings. The molecule has 0 radical (unpaired) electrons. The maximum Gasteiger partial charge on any atom is 0.419 e. The van der Waals surface area contributed by atoms with Crippen LogP contribution in [-0.2, 0) is 16.0 Å². The first-order valence-corrected chi connectivity index (χ1v) is 13.7. The Morgan fingerprint density at radius 2 is 1.80 bits per heavy atom. The zero-order valence-corrected chi connectivity index (χ0v) is 24.3. The van der Waals surface area contributed by atoms with Crippen molar-refractivity contribution in [2.45, 2.75) is 52.3 Å². The van der Waals surface area contributed by atoms with Gasteiger partial charge in [-0.3, -0.25) is 14.4 Å². The first-order chi connectivity index (χ1) is 19.1. The Hall–Kier alpha value is -3.43. The van der Waals surface area contributed by atoms with Gasteiger partial charge in [-0.1, -0.05) is 12.1 Å². The summed E-state index contributed by atoms with van der Waals surface area (Å²) in [5, 5.41) is 0.923. The van der Waals surface area contributed by atoms with Gasteiger partial charge in [0.05, 0.1) is 25.3 Å². The lowest BCUT2D eigenvalue weighted by molar-refractivity contribution is 0.0542. The molecule has 0 aliphatic carbocycles. The Bertz CT molecular complexity index is 1350. The molecule has 40 heavy (non-hydrogen) atoms. The molecule has 216 valence electrons. The quantitative estimate of drug-likeness (QED) is 0.345. The molecular formula is C31H40FN3O5. The van der Waals surface area contributed by atoms with Gasteiger partial charge in [-0.2, -0.15) is 0 Å². The average Bonchev–Trinajstić information content (AvgIpc) is 3.28. The molecule has 1 fully saturated rings. The van der Waals surface area contributed by atoms with Crippen molar-refractivity contribution in [3.8, 4) is 5.75 Å². The van der Waals surface area contributed by atoms with Gasteiger partial charge < -0.3 is 14.2 Å². The van der Waals surface area contributed by atoms with E-state index in [2.05, 4.69) is 9.80 Å². The van der Waals surface area contributed by atoms with Gasteiger partial charge in [0.2, 0.25) is 0 Å². The Balaban J connectivity index is 1.75. The third-order valence-corrected chi connectivity index (χ3v) is 7.31. The zero-order chi connectivity index (χ0) is 29.0. The summed E-state index contributed by atoms with van der Waals surface area (Å²) in [7, 11) is 3.02. The number of fused-ring (bicyclic) bond motifs is 1. The highest BCUT2D eigenvalue weighted by Crippen LogP contribution is 2.36. The Labute approximate surface area is 235 Å². The molecule has 8 nitrogen and oxygen atoms in total. The van der Waals surface area contributed by atoms with Gasteiger partial charge >= 0.3 is 12.1 Å². The van der Waals surface area contributed by atoms with Crippen molar-refractivity contribution in [2.24, 2.45) is 0 Å². The standard InChI is InChI=1S/C31H40FN3O5/c1-21-18-27(38-5)25(24-12-16-35(28(21)24)30(37)40-31(2,3)4)19-34-15-7-14-33(17-13-32)20-26(34)22-8-10-23(11-9-22)29(36)39-6/h8-12,16,18,26H,7,13-15,17,19-20H2,1-6H3. The Morgan fingerprint density at radius 3 is 2.42 bits per heavy atom. The van der Waals surface area contributed by atoms with Crippen LogP contribution in [0.4, 0.5) is 9.18 Å². The largest absolute Gasteiger partial charge is 0.496 e. The van der Waals surface area contributed by atoms with Crippen LogP contribution in [0.3, 0.4) is 0 Å². The number of nitrogens with zero attached hydrogens (tertiary/aromatic N) is 3. The van der Waals surface area contributed by atoms with Gasteiger partial charge in [0.1, 0.15) is 18.0 Å². The summed E-state index contributed by atoms with van der Waals surface area (Å²) in [5.41, 5.74) is 3.57. The van der Waals surface area contributed by atoms with Gasteiger partial charge in [-0.25, -0.2) is 14.0 Å². The minimum Gasteiger partial charge on any atom is -0.496 e. The zero-order valence-electron chi connectivity index (χ0n) is 24.3. The number of carbonyl (C=O) groups excluding carboxylic acids is 2. The van der Waals surface area contributed by atoms with E-state index in [4.69, 9.17) is 14.2 Å². The van der Waals surface area contributed by atoms with Crippen LogP contribution in [0.25, 0.3) is 10.9 Å². The number of carbonyl (C=O) groups is 2. The fourth-order valence-corrected chi connectivity index (χ4v) is 5.47. The number of ether oxygens (including phenoxy) is 3.